The van der Waals surface area contributed by atoms with Crippen molar-refractivity contribution in [2.45, 2.75) is 32.2 Å². The van der Waals surface area contributed by atoms with Gasteiger partial charge in [0.1, 0.15) is 18.5 Å². The average molecular weight is 354 g/mol. The van der Waals surface area contributed by atoms with Crippen LogP contribution in [0.15, 0.2) is 31.0 Å². The molecule has 5 rings (SSSR count). The molecule has 26 heavy (non-hydrogen) atoms. The summed E-state index contributed by atoms with van der Waals surface area (Å²) in [7, 11) is 0. The summed E-state index contributed by atoms with van der Waals surface area (Å²) in [6.45, 7) is 3.96. The summed E-state index contributed by atoms with van der Waals surface area (Å²) >= 11 is 0. The van der Waals surface area contributed by atoms with Gasteiger partial charge >= 0.3 is 0 Å². The van der Waals surface area contributed by atoms with Gasteiger partial charge in [0.2, 0.25) is 5.91 Å². The lowest BCUT2D eigenvalue weighted by Gasteiger charge is -2.35. The molecule has 2 aromatic heterocycles. The Kier molecular flexibility index (Phi) is 4.40. The van der Waals surface area contributed by atoms with E-state index in [2.05, 4.69) is 22.1 Å². The van der Waals surface area contributed by atoms with E-state index >= 15 is 0 Å². The standard InChI is InChI=1S/C18H22N6O2/c1-2-7-24-15-5-3-14(18(24)26)9-22(10-15)17(25)13-4-6-16(19-8-13)23-11-20-21-12-23/h4,6,8,11-12,14-15H,2-3,5,7,9-10H2,1H3/t14-,15+/m1/s1. The fraction of sp³-hybridized carbons (Fsp3) is 0.500. The Balaban J connectivity index is 1.52. The van der Waals surface area contributed by atoms with Gasteiger partial charge in [0.25, 0.3) is 5.91 Å². The first-order valence-corrected chi connectivity index (χ1v) is 9.08. The van der Waals surface area contributed by atoms with Gasteiger partial charge in [0, 0.05) is 31.9 Å². The van der Waals surface area contributed by atoms with Crippen LogP contribution in [-0.4, -0.2) is 67.0 Å². The number of hydrogen-bond donors (Lipinski definition) is 0. The highest BCUT2D eigenvalue weighted by Crippen LogP contribution is 2.30. The predicted molar refractivity (Wildman–Crippen MR) is 93.6 cm³/mol. The second kappa shape index (κ2) is 6.86. The van der Waals surface area contributed by atoms with Crippen LogP contribution in [0.4, 0.5) is 0 Å². The number of rotatable bonds is 4. The van der Waals surface area contributed by atoms with Crippen molar-refractivity contribution in [2.24, 2.45) is 5.92 Å². The second-order valence-corrected chi connectivity index (χ2v) is 6.94. The van der Waals surface area contributed by atoms with Gasteiger partial charge in [-0.25, -0.2) is 4.98 Å². The number of aromatic nitrogens is 4. The molecule has 3 saturated heterocycles. The zero-order chi connectivity index (χ0) is 18.1. The first-order valence-electron chi connectivity index (χ1n) is 9.08. The van der Waals surface area contributed by atoms with E-state index < -0.39 is 0 Å². The van der Waals surface area contributed by atoms with Crippen LogP contribution in [0, 0.1) is 5.92 Å². The van der Waals surface area contributed by atoms with E-state index in [9.17, 15) is 9.59 Å². The van der Waals surface area contributed by atoms with Crippen LogP contribution in [0.3, 0.4) is 0 Å². The molecule has 0 N–H and O–H groups in total. The van der Waals surface area contributed by atoms with Crippen LogP contribution >= 0.6 is 0 Å². The Morgan fingerprint density at radius 2 is 2.00 bits per heavy atom. The molecule has 3 aliphatic rings. The molecule has 2 bridgehead atoms. The van der Waals surface area contributed by atoms with Gasteiger partial charge in [-0.2, -0.15) is 0 Å². The molecule has 3 aliphatic heterocycles. The SMILES string of the molecule is CCCN1C(=O)[C@@H]2CC[C@H]1CN(C(=O)c1ccc(-n3cnnc3)nc1)C2. The molecular weight excluding hydrogens is 332 g/mol. The van der Waals surface area contributed by atoms with E-state index in [4.69, 9.17) is 0 Å². The highest BCUT2D eigenvalue weighted by atomic mass is 16.2. The molecule has 0 radical (unpaired) electrons. The van der Waals surface area contributed by atoms with Gasteiger partial charge in [0.05, 0.1) is 11.5 Å². The predicted octanol–water partition coefficient (Wildman–Crippen LogP) is 1.14. The maximum absolute atomic E-state index is 13.0. The Labute approximate surface area is 151 Å². The van der Waals surface area contributed by atoms with Gasteiger partial charge in [-0.3, -0.25) is 14.2 Å². The summed E-state index contributed by atoms with van der Waals surface area (Å²) < 4.78 is 1.68. The first kappa shape index (κ1) is 16.7. The van der Waals surface area contributed by atoms with Crippen LogP contribution in [0.25, 0.3) is 5.82 Å². The van der Waals surface area contributed by atoms with Crippen LogP contribution in [-0.2, 0) is 4.79 Å². The van der Waals surface area contributed by atoms with Gasteiger partial charge in [-0.1, -0.05) is 6.92 Å². The molecule has 0 aromatic carbocycles. The second-order valence-electron chi connectivity index (χ2n) is 6.94. The molecule has 0 spiro atoms. The van der Waals surface area contributed by atoms with Gasteiger partial charge in [0.15, 0.2) is 0 Å². The number of nitrogens with zero attached hydrogens (tertiary/aromatic N) is 6. The van der Waals surface area contributed by atoms with Crippen molar-refractivity contribution in [3.8, 4) is 5.82 Å². The minimum atomic E-state index is -0.0755. The molecule has 5 heterocycles. The van der Waals surface area contributed by atoms with Crippen molar-refractivity contribution in [2.75, 3.05) is 19.6 Å². The third-order valence-corrected chi connectivity index (χ3v) is 5.22. The zero-order valence-corrected chi connectivity index (χ0v) is 14.8. The van der Waals surface area contributed by atoms with Crippen LogP contribution < -0.4 is 0 Å². The molecule has 2 aromatic rings. The third kappa shape index (κ3) is 2.95. The molecule has 8 nitrogen and oxygen atoms in total. The van der Waals surface area contributed by atoms with Crippen molar-refractivity contribution in [1.82, 2.24) is 29.5 Å². The molecule has 8 heteroatoms. The summed E-state index contributed by atoms with van der Waals surface area (Å²) in [5.41, 5.74) is 0.539. The Hall–Kier alpha value is -2.77. The lowest BCUT2D eigenvalue weighted by Crippen LogP contribution is -2.48. The molecule has 136 valence electrons. The molecular formula is C18H22N6O2. The van der Waals surface area contributed by atoms with Crippen molar-refractivity contribution < 1.29 is 9.59 Å². The number of hydrogen-bond acceptors (Lipinski definition) is 5. The van der Waals surface area contributed by atoms with E-state index in [1.807, 2.05) is 9.80 Å². The fourth-order valence-corrected chi connectivity index (χ4v) is 3.91. The molecule has 2 amide bonds. The summed E-state index contributed by atoms with van der Waals surface area (Å²) in [5, 5.41) is 7.51. The quantitative estimate of drug-likeness (QED) is 0.822. The van der Waals surface area contributed by atoms with Gasteiger partial charge in [-0.05, 0) is 31.4 Å². The summed E-state index contributed by atoms with van der Waals surface area (Å²) in [6.07, 6.45) is 7.49. The monoisotopic (exact) mass is 354 g/mol. The molecule has 0 unspecified atom stereocenters. The van der Waals surface area contributed by atoms with Crippen molar-refractivity contribution in [1.29, 1.82) is 0 Å². The number of carbonyl (C=O) groups is 2. The van der Waals surface area contributed by atoms with Crippen LogP contribution in [0.1, 0.15) is 36.5 Å². The minimum Gasteiger partial charge on any atom is -0.338 e. The smallest absolute Gasteiger partial charge is 0.255 e. The van der Waals surface area contributed by atoms with Crippen LogP contribution in [0.2, 0.25) is 0 Å². The summed E-state index contributed by atoms with van der Waals surface area (Å²) in [6, 6.07) is 3.68. The molecule has 0 aliphatic carbocycles. The maximum Gasteiger partial charge on any atom is 0.255 e. The summed E-state index contributed by atoms with van der Waals surface area (Å²) in [4.78, 5) is 33.7. The molecule has 2 atom stereocenters. The first-order chi connectivity index (χ1) is 12.7. The highest BCUT2D eigenvalue weighted by Gasteiger charge is 2.41. The number of pyridine rings is 1. The highest BCUT2D eigenvalue weighted by molar-refractivity contribution is 5.95. The van der Waals surface area contributed by atoms with Crippen molar-refractivity contribution in [3.63, 3.8) is 0 Å². The van der Waals surface area contributed by atoms with E-state index in [1.165, 1.54) is 0 Å². The van der Waals surface area contributed by atoms with E-state index in [0.29, 0.717) is 24.5 Å². The Bertz CT molecular complexity index is 789. The average Bonchev–Trinajstić information content (AvgIpc) is 3.07. The minimum absolute atomic E-state index is 0.0594. The number of carbonyl (C=O) groups excluding carboxylic acids is 2. The maximum atomic E-state index is 13.0. The molecule has 3 fully saturated rings. The normalized spacial score (nSPS) is 22.6. The van der Waals surface area contributed by atoms with Crippen molar-refractivity contribution >= 4 is 11.8 Å². The van der Waals surface area contributed by atoms with Gasteiger partial charge in [-0.15, -0.1) is 10.2 Å². The lowest BCUT2D eigenvalue weighted by molar-refractivity contribution is -0.139. The van der Waals surface area contributed by atoms with Gasteiger partial charge < -0.3 is 9.80 Å². The number of fused-ring (bicyclic) bond motifs is 4. The van der Waals surface area contributed by atoms with E-state index in [0.717, 1.165) is 25.8 Å². The number of piperidine rings is 1. The Morgan fingerprint density at radius 1 is 1.19 bits per heavy atom. The fourth-order valence-electron chi connectivity index (χ4n) is 3.91. The Morgan fingerprint density at radius 3 is 2.69 bits per heavy atom. The third-order valence-electron chi connectivity index (χ3n) is 5.22. The van der Waals surface area contributed by atoms with Crippen molar-refractivity contribution in [3.05, 3.63) is 36.5 Å². The topological polar surface area (TPSA) is 84.2 Å². The van der Waals surface area contributed by atoms with E-state index in [-0.39, 0.29) is 23.8 Å². The largest absolute Gasteiger partial charge is 0.338 e. The molecule has 0 saturated carbocycles. The van der Waals surface area contributed by atoms with E-state index in [1.54, 1.807) is 35.6 Å². The lowest BCUT2D eigenvalue weighted by atomic mass is 9.94. The zero-order valence-electron chi connectivity index (χ0n) is 14.8. The summed E-state index contributed by atoms with van der Waals surface area (Å²) in [5.74, 6) is 0.732. The van der Waals surface area contributed by atoms with Crippen LogP contribution in [0.5, 0.6) is 0 Å². The number of amides is 2.